The minimum Gasteiger partial charge on any atom is -0.469 e. The number of carbonyl (C=O) groups is 1. The number of fused-ring (bicyclic) bond motifs is 1. The Morgan fingerprint density at radius 2 is 1.80 bits per heavy atom. The summed E-state index contributed by atoms with van der Waals surface area (Å²) in [5.74, 6) is 0. The molecule has 3 heteroatoms. The predicted molar refractivity (Wildman–Crippen MR) is 39.3 cm³/mol. The van der Waals surface area contributed by atoms with Crippen LogP contribution in [0, 0.1) is 0 Å². The summed E-state index contributed by atoms with van der Waals surface area (Å²) >= 11 is 4.19. The van der Waals surface area contributed by atoms with E-state index in [1.807, 2.05) is 0 Å². The van der Waals surface area contributed by atoms with E-state index in [0.717, 1.165) is 0 Å². The maximum absolute atomic E-state index is 8.77. The number of hydrogen-bond donors (Lipinski definition) is 1. The molecule has 0 bridgehead atoms. The third-order valence-corrected chi connectivity index (χ3v) is 1.11. The van der Waals surface area contributed by atoms with Crippen LogP contribution in [-0.2, 0) is 0 Å². The van der Waals surface area contributed by atoms with Crippen molar-refractivity contribution in [3.05, 3.63) is 24.3 Å². The lowest BCUT2D eigenvalue weighted by Gasteiger charge is -1.55. The fraction of sp³-hybridized carbons (Fsp3) is 0. The Morgan fingerprint density at radius 1 is 1.40 bits per heavy atom. The number of halogens is 1. The fourth-order valence-corrected chi connectivity index (χ4v) is 0.676. The molecular weight excluding hydrogens is 152 g/mol. The number of hydrogen-bond acceptors (Lipinski definition) is 1. The molecule has 0 atom stereocenters. The molecule has 2 aliphatic carbocycles. The van der Waals surface area contributed by atoms with Crippen molar-refractivity contribution in [2.75, 3.05) is 0 Å². The fourth-order valence-electron chi connectivity index (χ4n) is 0.676. The van der Waals surface area contributed by atoms with E-state index < -0.39 is 5.43 Å². The molecule has 0 aliphatic heterocycles. The summed E-state index contributed by atoms with van der Waals surface area (Å²) in [5.41, 5.74) is 1.49. The van der Waals surface area contributed by atoms with Gasteiger partial charge in [-0.05, 0) is 17.2 Å². The SMILES string of the molecule is O=C(O)Cl.c1cc2cc-2c1. The quantitative estimate of drug-likeness (QED) is 0.596. The van der Waals surface area contributed by atoms with E-state index >= 15 is 0 Å². The van der Waals surface area contributed by atoms with Crippen LogP contribution in [0.15, 0.2) is 24.3 Å². The molecule has 0 aromatic carbocycles. The van der Waals surface area contributed by atoms with E-state index in [2.05, 4.69) is 35.9 Å². The summed E-state index contributed by atoms with van der Waals surface area (Å²) in [6.45, 7) is 0. The van der Waals surface area contributed by atoms with Crippen LogP contribution in [-0.4, -0.2) is 10.5 Å². The summed E-state index contributed by atoms with van der Waals surface area (Å²) < 4.78 is 0. The normalized spacial score (nSPS) is 9.30. The van der Waals surface area contributed by atoms with Crippen LogP contribution >= 0.6 is 11.6 Å². The van der Waals surface area contributed by atoms with Gasteiger partial charge in [0.2, 0.25) is 0 Å². The van der Waals surface area contributed by atoms with E-state index in [1.165, 1.54) is 11.1 Å². The zero-order valence-corrected chi connectivity index (χ0v) is 5.80. The topological polar surface area (TPSA) is 37.3 Å². The summed E-state index contributed by atoms with van der Waals surface area (Å²) in [6.07, 6.45) is 0. The molecule has 0 aromatic heterocycles. The van der Waals surface area contributed by atoms with E-state index in [-0.39, 0.29) is 0 Å². The van der Waals surface area contributed by atoms with Gasteiger partial charge in [0.1, 0.15) is 0 Å². The first kappa shape index (κ1) is 7.09. The highest BCUT2D eigenvalue weighted by Crippen LogP contribution is 2.32. The highest BCUT2D eigenvalue weighted by molar-refractivity contribution is 6.60. The molecular formula is C7H5ClO2. The third kappa shape index (κ3) is 2.07. The molecule has 0 fully saturated rings. The van der Waals surface area contributed by atoms with Crippen LogP contribution < -0.4 is 0 Å². The van der Waals surface area contributed by atoms with Gasteiger partial charge in [-0.3, -0.25) is 0 Å². The van der Waals surface area contributed by atoms with E-state index in [9.17, 15) is 0 Å². The van der Waals surface area contributed by atoms with Gasteiger partial charge in [0.05, 0.1) is 0 Å². The average molecular weight is 157 g/mol. The second-order valence-corrected chi connectivity index (χ2v) is 2.16. The van der Waals surface area contributed by atoms with Crippen molar-refractivity contribution in [1.82, 2.24) is 0 Å². The maximum Gasteiger partial charge on any atom is 0.401 e. The summed E-state index contributed by atoms with van der Waals surface area (Å²) in [7, 11) is 0. The molecule has 0 unspecified atom stereocenters. The Balaban J connectivity index is 0.000000112. The first-order valence-electron chi connectivity index (χ1n) is 2.69. The van der Waals surface area contributed by atoms with Crippen molar-refractivity contribution in [3.8, 4) is 11.1 Å². The van der Waals surface area contributed by atoms with Gasteiger partial charge in [-0.1, -0.05) is 18.2 Å². The van der Waals surface area contributed by atoms with Gasteiger partial charge in [0, 0.05) is 11.6 Å². The smallest absolute Gasteiger partial charge is 0.401 e. The van der Waals surface area contributed by atoms with Crippen molar-refractivity contribution in [2.24, 2.45) is 0 Å². The van der Waals surface area contributed by atoms with Gasteiger partial charge >= 0.3 is 5.43 Å². The summed E-state index contributed by atoms with van der Waals surface area (Å²) in [4.78, 5) is 8.77. The van der Waals surface area contributed by atoms with E-state index in [1.54, 1.807) is 0 Å². The van der Waals surface area contributed by atoms with Crippen molar-refractivity contribution in [1.29, 1.82) is 0 Å². The van der Waals surface area contributed by atoms with Crippen molar-refractivity contribution in [3.63, 3.8) is 0 Å². The summed E-state index contributed by atoms with van der Waals surface area (Å²) in [5, 5.41) is 7.18. The zero-order valence-electron chi connectivity index (χ0n) is 5.04. The minimum absolute atomic E-state index is 1.36. The molecule has 0 aromatic rings. The molecule has 52 valence electrons. The van der Waals surface area contributed by atoms with Crippen LogP contribution in [0.3, 0.4) is 0 Å². The van der Waals surface area contributed by atoms with Gasteiger partial charge in [-0.2, -0.15) is 0 Å². The molecule has 0 amide bonds. The Morgan fingerprint density at radius 3 is 1.90 bits per heavy atom. The van der Waals surface area contributed by atoms with Crippen LogP contribution in [0.5, 0.6) is 0 Å². The molecule has 0 spiro atoms. The van der Waals surface area contributed by atoms with Crippen molar-refractivity contribution in [2.45, 2.75) is 0 Å². The van der Waals surface area contributed by atoms with Gasteiger partial charge in [0.25, 0.3) is 0 Å². The molecule has 0 radical (unpaired) electrons. The molecule has 0 heterocycles. The Labute approximate surface area is 63.1 Å². The molecule has 2 nitrogen and oxygen atoms in total. The van der Waals surface area contributed by atoms with Gasteiger partial charge in [-0.25, -0.2) is 4.79 Å². The Kier molecular flexibility index (Phi) is 1.92. The molecule has 10 heavy (non-hydrogen) atoms. The second kappa shape index (κ2) is 2.71. The van der Waals surface area contributed by atoms with Crippen LogP contribution in [0.1, 0.15) is 0 Å². The standard InChI is InChI=1S/C6H4.CHClO2/c1-2-5-4-6(5)3-1;2-1(3)4/h1-4H;(H,3,4). The van der Waals surface area contributed by atoms with Crippen molar-refractivity contribution < 1.29 is 9.90 Å². The Hall–Kier alpha value is -1.02. The lowest BCUT2D eigenvalue weighted by Crippen LogP contribution is -1.66. The number of rotatable bonds is 0. The minimum atomic E-state index is -1.36. The number of carboxylic acid groups (broad SMARTS) is 1. The first-order chi connectivity index (χ1) is 4.70. The zero-order chi connectivity index (χ0) is 7.56. The highest BCUT2D eigenvalue weighted by atomic mass is 35.5. The van der Waals surface area contributed by atoms with E-state index in [0.29, 0.717) is 0 Å². The highest BCUT2D eigenvalue weighted by Gasteiger charge is 2.06. The lowest BCUT2D eigenvalue weighted by atomic mass is 10.6. The molecule has 1 N–H and O–H groups in total. The van der Waals surface area contributed by atoms with Crippen LogP contribution in [0.2, 0.25) is 0 Å². The lowest BCUT2D eigenvalue weighted by molar-refractivity contribution is 0.220. The monoisotopic (exact) mass is 156 g/mol. The average Bonchev–Trinajstić information content (AvgIpc) is 2.40. The Bertz CT molecular complexity index is 236. The molecule has 2 aliphatic rings. The second-order valence-electron chi connectivity index (χ2n) is 1.83. The first-order valence-corrected chi connectivity index (χ1v) is 3.07. The number of benzene rings is 1. The summed E-state index contributed by atoms with van der Waals surface area (Å²) in [6, 6.07) is 8.48. The van der Waals surface area contributed by atoms with Gasteiger partial charge in [-0.15, -0.1) is 0 Å². The van der Waals surface area contributed by atoms with E-state index in [4.69, 9.17) is 9.90 Å². The van der Waals surface area contributed by atoms with Gasteiger partial charge in [0.15, 0.2) is 0 Å². The molecule has 2 rings (SSSR count). The van der Waals surface area contributed by atoms with Crippen LogP contribution in [0.25, 0.3) is 11.1 Å². The van der Waals surface area contributed by atoms with Crippen LogP contribution in [0.4, 0.5) is 4.79 Å². The van der Waals surface area contributed by atoms with Gasteiger partial charge < -0.3 is 5.11 Å². The molecule has 0 saturated heterocycles. The maximum atomic E-state index is 8.77. The molecule has 0 saturated carbocycles. The predicted octanol–water partition coefficient (Wildman–Crippen LogP) is 2.57. The third-order valence-electron chi connectivity index (χ3n) is 1.11. The largest absolute Gasteiger partial charge is 0.469 e. The van der Waals surface area contributed by atoms with Crippen molar-refractivity contribution >= 4 is 17.0 Å².